The summed E-state index contributed by atoms with van der Waals surface area (Å²) < 4.78 is 27.2. The Kier molecular flexibility index (Phi) is 6.57. The third kappa shape index (κ3) is 4.77. The molecule has 0 bridgehead atoms. The first-order chi connectivity index (χ1) is 14.4. The van der Waals surface area contributed by atoms with Gasteiger partial charge < -0.3 is 10.2 Å². The Hall–Kier alpha value is -1.75. The molecule has 7 nitrogen and oxygen atoms in total. The van der Waals surface area contributed by atoms with Gasteiger partial charge in [-0.05, 0) is 49.3 Å². The van der Waals surface area contributed by atoms with Crippen molar-refractivity contribution in [2.75, 3.05) is 26.2 Å². The summed E-state index contributed by atoms with van der Waals surface area (Å²) in [6, 6.07) is 5.24. The second-order valence-electron chi connectivity index (χ2n) is 7.65. The maximum absolute atomic E-state index is 12.7. The lowest BCUT2D eigenvalue weighted by molar-refractivity contribution is -0.131. The SMILES string of the molecule is O=C(NC1CCN(C(=O)Cc2ccc(S(=O)(=O)N3CCCC3)s2)CC1)c1ccsc1. The van der Waals surface area contributed by atoms with Crippen LogP contribution in [0.5, 0.6) is 0 Å². The zero-order valence-corrected chi connectivity index (χ0v) is 19.0. The molecule has 0 unspecified atom stereocenters. The number of hydrogen-bond donors (Lipinski definition) is 1. The fourth-order valence-corrected chi connectivity index (χ4v) is 7.50. The molecule has 0 spiro atoms. The highest BCUT2D eigenvalue weighted by Gasteiger charge is 2.29. The smallest absolute Gasteiger partial charge is 0.252 e. The van der Waals surface area contributed by atoms with Crippen molar-refractivity contribution in [1.82, 2.24) is 14.5 Å². The summed E-state index contributed by atoms with van der Waals surface area (Å²) in [5, 5.41) is 6.74. The number of nitrogens with zero attached hydrogens (tertiary/aromatic N) is 2. The quantitative estimate of drug-likeness (QED) is 0.707. The Morgan fingerprint density at radius 2 is 1.80 bits per heavy atom. The molecule has 4 heterocycles. The van der Waals surface area contributed by atoms with Crippen molar-refractivity contribution in [3.8, 4) is 0 Å². The van der Waals surface area contributed by atoms with E-state index in [1.807, 2.05) is 15.7 Å². The molecule has 162 valence electrons. The van der Waals surface area contributed by atoms with Crippen LogP contribution in [-0.4, -0.2) is 61.7 Å². The molecule has 10 heteroatoms. The van der Waals surface area contributed by atoms with Crippen LogP contribution in [0.15, 0.2) is 33.2 Å². The zero-order chi connectivity index (χ0) is 21.1. The second-order valence-corrected chi connectivity index (χ2v) is 11.8. The molecule has 0 aromatic carbocycles. The number of hydrogen-bond acceptors (Lipinski definition) is 6. The maximum atomic E-state index is 12.7. The van der Waals surface area contributed by atoms with E-state index in [0.717, 1.165) is 30.6 Å². The monoisotopic (exact) mass is 467 g/mol. The van der Waals surface area contributed by atoms with Crippen LogP contribution in [0.4, 0.5) is 0 Å². The molecule has 0 atom stereocenters. The van der Waals surface area contributed by atoms with E-state index in [0.29, 0.717) is 36.0 Å². The summed E-state index contributed by atoms with van der Waals surface area (Å²) in [5.41, 5.74) is 0.677. The summed E-state index contributed by atoms with van der Waals surface area (Å²) in [4.78, 5) is 27.4. The highest BCUT2D eigenvalue weighted by Crippen LogP contribution is 2.28. The second kappa shape index (κ2) is 9.17. The van der Waals surface area contributed by atoms with Gasteiger partial charge in [0.1, 0.15) is 4.21 Å². The minimum Gasteiger partial charge on any atom is -0.349 e. The number of rotatable bonds is 6. The van der Waals surface area contributed by atoms with Crippen LogP contribution < -0.4 is 5.32 Å². The number of thiophene rings is 2. The lowest BCUT2D eigenvalue weighted by Crippen LogP contribution is -2.46. The van der Waals surface area contributed by atoms with Gasteiger partial charge in [0, 0.05) is 48.0 Å². The highest BCUT2D eigenvalue weighted by molar-refractivity contribution is 7.91. The Bertz CT molecular complexity index is 986. The van der Waals surface area contributed by atoms with Crippen molar-refractivity contribution in [3.63, 3.8) is 0 Å². The van der Waals surface area contributed by atoms with E-state index >= 15 is 0 Å². The highest BCUT2D eigenvalue weighted by atomic mass is 32.2. The molecule has 2 amide bonds. The van der Waals surface area contributed by atoms with Crippen molar-refractivity contribution in [2.45, 2.75) is 42.4 Å². The van der Waals surface area contributed by atoms with Crippen molar-refractivity contribution >= 4 is 44.5 Å². The number of likely N-dealkylation sites (tertiary alicyclic amines) is 1. The average Bonchev–Trinajstić information content (AvgIpc) is 3.50. The predicted molar refractivity (Wildman–Crippen MR) is 117 cm³/mol. The number of nitrogens with one attached hydrogen (secondary N) is 1. The molecular formula is C20H25N3O4S3. The van der Waals surface area contributed by atoms with Gasteiger partial charge in [-0.1, -0.05) is 0 Å². The molecule has 4 rings (SSSR count). The van der Waals surface area contributed by atoms with Crippen LogP contribution >= 0.6 is 22.7 Å². The Morgan fingerprint density at radius 1 is 1.07 bits per heavy atom. The molecule has 0 saturated carbocycles. The molecule has 2 aromatic heterocycles. The van der Waals surface area contributed by atoms with Gasteiger partial charge in [0.15, 0.2) is 0 Å². The first kappa shape index (κ1) is 21.5. The fraction of sp³-hybridized carbons (Fsp3) is 0.500. The van der Waals surface area contributed by atoms with Gasteiger partial charge in [-0.15, -0.1) is 11.3 Å². The maximum Gasteiger partial charge on any atom is 0.252 e. The van der Waals surface area contributed by atoms with Gasteiger partial charge in [0.2, 0.25) is 5.91 Å². The van der Waals surface area contributed by atoms with E-state index in [2.05, 4.69) is 5.32 Å². The third-order valence-corrected chi connectivity index (χ3v) is 9.72. The van der Waals surface area contributed by atoms with E-state index in [4.69, 9.17) is 0 Å². The third-order valence-electron chi connectivity index (χ3n) is 5.59. The van der Waals surface area contributed by atoms with Crippen LogP contribution in [-0.2, 0) is 21.2 Å². The molecule has 0 radical (unpaired) electrons. The van der Waals surface area contributed by atoms with Gasteiger partial charge in [-0.2, -0.15) is 15.6 Å². The molecule has 2 saturated heterocycles. The van der Waals surface area contributed by atoms with Gasteiger partial charge in [-0.25, -0.2) is 8.42 Å². The van der Waals surface area contributed by atoms with Crippen molar-refractivity contribution in [2.24, 2.45) is 0 Å². The van der Waals surface area contributed by atoms with Crippen molar-refractivity contribution in [1.29, 1.82) is 0 Å². The molecule has 2 aromatic rings. The predicted octanol–water partition coefficient (Wildman–Crippen LogP) is 2.56. The summed E-state index contributed by atoms with van der Waals surface area (Å²) >= 11 is 2.69. The molecule has 1 N–H and O–H groups in total. The number of sulfonamides is 1. The van der Waals surface area contributed by atoms with Crippen LogP contribution in [0.1, 0.15) is 40.9 Å². The summed E-state index contributed by atoms with van der Waals surface area (Å²) in [6.45, 7) is 2.34. The largest absolute Gasteiger partial charge is 0.349 e. The summed E-state index contributed by atoms with van der Waals surface area (Å²) in [7, 11) is -3.43. The number of carbonyl (C=O) groups is 2. The summed E-state index contributed by atoms with van der Waals surface area (Å²) in [6.07, 6.45) is 3.46. The minimum atomic E-state index is -3.43. The standard InChI is InChI=1S/C20H25N3O4S3/c24-18(13-17-3-4-19(29-17)30(26,27)23-8-1-2-9-23)22-10-5-16(6-11-22)21-20(25)15-7-12-28-14-15/h3-4,7,12,14,16H,1-2,5-6,8-11,13H2,(H,21,25). The first-order valence-electron chi connectivity index (χ1n) is 10.1. The van der Waals surface area contributed by atoms with E-state index < -0.39 is 10.0 Å². The molecule has 0 aliphatic carbocycles. The number of amides is 2. The van der Waals surface area contributed by atoms with E-state index in [1.165, 1.54) is 27.0 Å². The first-order valence-corrected chi connectivity index (χ1v) is 13.3. The van der Waals surface area contributed by atoms with Crippen LogP contribution in [0.25, 0.3) is 0 Å². The Balaban J connectivity index is 1.28. The van der Waals surface area contributed by atoms with E-state index in [-0.39, 0.29) is 24.3 Å². The number of carbonyl (C=O) groups excluding carboxylic acids is 2. The van der Waals surface area contributed by atoms with Crippen LogP contribution in [0.2, 0.25) is 0 Å². The Labute approximate surface area is 184 Å². The topological polar surface area (TPSA) is 86.8 Å². The summed E-state index contributed by atoms with van der Waals surface area (Å²) in [5.74, 6) is -0.0593. The van der Waals surface area contributed by atoms with Gasteiger partial charge in [0.25, 0.3) is 15.9 Å². The lowest BCUT2D eigenvalue weighted by atomic mass is 10.0. The fourth-order valence-electron chi connectivity index (χ4n) is 3.84. The lowest BCUT2D eigenvalue weighted by Gasteiger charge is -2.32. The minimum absolute atomic E-state index is 0.00424. The van der Waals surface area contributed by atoms with Crippen LogP contribution in [0.3, 0.4) is 0 Å². The Morgan fingerprint density at radius 3 is 2.47 bits per heavy atom. The molecule has 2 aliphatic heterocycles. The van der Waals surface area contributed by atoms with Gasteiger partial charge in [-0.3, -0.25) is 9.59 Å². The average molecular weight is 468 g/mol. The molecule has 30 heavy (non-hydrogen) atoms. The van der Waals surface area contributed by atoms with E-state index in [9.17, 15) is 18.0 Å². The number of piperidine rings is 1. The van der Waals surface area contributed by atoms with Gasteiger partial charge in [0.05, 0.1) is 6.42 Å². The molecule has 2 fully saturated rings. The van der Waals surface area contributed by atoms with Crippen molar-refractivity contribution < 1.29 is 18.0 Å². The molecule has 2 aliphatic rings. The molecular weight excluding hydrogens is 442 g/mol. The normalized spacial score (nSPS) is 18.6. The van der Waals surface area contributed by atoms with Crippen LogP contribution in [0, 0.1) is 0 Å². The van der Waals surface area contributed by atoms with Gasteiger partial charge >= 0.3 is 0 Å². The van der Waals surface area contributed by atoms with Crippen molar-refractivity contribution in [3.05, 3.63) is 39.4 Å². The van der Waals surface area contributed by atoms with E-state index in [1.54, 1.807) is 18.2 Å². The zero-order valence-electron chi connectivity index (χ0n) is 16.6.